The average Bonchev–Trinajstić information content (AvgIpc) is 3.52. The number of hydrogen-bond donors (Lipinski definition) is 4. The summed E-state index contributed by atoms with van der Waals surface area (Å²) in [4.78, 5) is 37.2. The van der Waals surface area contributed by atoms with Crippen molar-refractivity contribution in [2.24, 2.45) is 5.92 Å². The number of hydrogen-bond acceptors (Lipinski definition) is 5. The summed E-state index contributed by atoms with van der Waals surface area (Å²) < 4.78 is 0.856. The van der Waals surface area contributed by atoms with E-state index in [1.54, 1.807) is 29.7 Å². The molecule has 1 aromatic heterocycles. The molecule has 1 atom stereocenters. The van der Waals surface area contributed by atoms with E-state index in [1.165, 1.54) is 11.3 Å². The van der Waals surface area contributed by atoms with Crippen molar-refractivity contribution in [1.82, 2.24) is 10.8 Å². The SMILES string of the molecule is O=C(NO)c1cc2cc(NC(=O)C(Cc3ccccc3)NC(=O)C3CC3)ccc2s1. The van der Waals surface area contributed by atoms with E-state index in [4.69, 9.17) is 5.21 Å². The molecule has 1 fully saturated rings. The zero-order valence-corrected chi connectivity index (χ0v) is 16.9. The van der Waals surface area contributed by atoms with Gasteiger partial charge in [0.2, 0.25) is 11.8 Å². The van der Waals surface area contributed by atoms with Gasteiger partial charge >= 0.3 is 0 Å². The highest BCUT2D eigenvalue weighted by Gasteiger charge is 2.32. The van der Waals surface area contributed by atoms with Crippen LogP contribution in [0.4, 0.5) is 5.69 Å². The highest BCUT2D eigenvalue weighted by atomic mass is 32.1. The lowest BCUT2D eigenvalue weighted by Crippen LogP contribution is -2.45. The number of amides is 3. The summed E-state index contributed by atoms with van der Waals surface area (Å²) in [5.41, 5.74) is 3.15. The Morgan fingerprint density at radius 1 is 1.07 bits per heavy atom. The second kappa shape index (κ2) is 8.64. The van der Waals surface area contributed by atoms with Crippen LogP contribution in [0.3, 0.4) is 0 Å². The monoisotopic (exact) mass is 423 g/mol. The van der Waals surface area contributed by atoms with Crippen molar-refractivity contribution in [2.75, 3.05) is 5.32 Å². The first-order valence-corrected chi connectivity index (χ1v) is 10.5. The molecule has 0 saturated heterocycles. The third-order valence-corrected chi connectivity index (χ3v) is 6.09. The molecule has 1 saturated carbocycles. The van der Waals surface area contributed by atoms with Gasteiger partial charge in [-0.25, -0.2) is 5.48 Å². The van der Waals surface area contributed by atoms with Crippen LogP contribution in [-0.2, 0) is 16.0 Å². The van der Waals surface area contributed by atoms with Crippen LogP contribution in [0.5, 0.6) is 0 Å². The molecule has 2 aromatic carbocycles. The number of hydroxylamine groups is 1. The molecule has 1 aliphatic rings. The first-order valence-electron chi connectivity index (χ1n) is 9.66. The van der Waals surface area contributed by atoms with E-state index < -0.39 is 11.9 Å². The Bertz CT molecular complexity index is 1090. The molecular weight excluding hydrogens is 402 g/mol. The maximum Gasteiger partial charge on any atom is 0.284 e. The van der Waals surface area contributed by atoms with Crippen LogP contribution in [0.15, 0.2) is 54.6 Å². The highest BCUT2D eigenvalue weighted by Crippen LogP contribution is 2.30. The minimum Gasteiger partial charge on any atom is -0.344 e. The van der Waals surface area contributed by atoms with Crippen LogP contribution >= 0.6 is 11.3 Å². The van der Waals surface area contributed by atoms with Crippen molar-refractivity contribution in [1.29, 1.82) is 0 Å². The van der Waals surface area contributed by atoms with Crippen molar-refractivity contribution in [3.8, 4) is 0 Å². The molecule has 0 radical (unpaired) electrons. The van der Waals surface area contributed by atoms with Crippen molar-refractivity contribution in [2.45, 2.75) is 25.3 Å². The van der Waals surface area contributed by atoms with Gasteiger partial charge in [-0.05, 0) is 48.1 Å². The number of thiophene rings is 1. The summed E-state index contributed by atoms with van der Waals surface area (Å²) in [5.74, 6) is -0.948. The molecule has 7 nitrogen and oxygen atoms in total. The Labute approximate surface area is 177 Å². The molecule has 1 heterocycles. The molecule has 1 unspecified atom stereocenters. The van der Waals surface area contributed by atoms with E-state index in [0.717, 1.165) is 28.5 Å². The van der Waals surface area contributed by atoms with E-state index >= 15 is 0 Å². The lowest BCUT2D eigenvalue weighted by atomic mass is 10.0. The molecule has 0 bridgehead atoms. The molecule has 1 aliphatic carbocycles. The minimum absolute atomic E-state index is 0.00863. The van der Waals surface area contributed by atoms with Gasteiger partial charge < -0.3 is 10.6 Å². The number of carbonyl (C=O) groups excluding carboxylic acids is 3. The maximum atomic E-state index is 13.0. The zero-order chi connectivity index (χ0) is 21.1. The molecule has 3 aromatic rings. The van der Waals surface area contributed by atoms with Crippen molar-refractivity contribution >= 4 is 44.8 Å². The van der Waals surface area contributed by atoms with Gasteiger partial charge in [0.15, 0.2) is 0 Å². The van der Waals surface area contributed by atoms with Crippen molar-refractivity contribution < 1.29 is 19.6 Å². The molecule has 8 heteroatoms. The van der Waals surface area contributed by atoms with E-state index in [1.807, 2.05) is 30.3 Å². The average molecular weight is 423 g/mol. The summed E-state index contributed by atoms with van der Waals surface area (Å²) in [7, 11) is 0. The van der Waals surface area contributed by atoms with Gasteiger partial charge in [-0.3, -0.25) is 19.6 Å². The lowest BCUT2D eigenvalue weighted by molar-refractivity contribution is -0.127. The molecular formula is C22H21N3O4S. The predicted molar refractivity (Wildman–Crippen MR) is 115 cm³/mol. The number of benzene rings is 2. The summed E-state index contributed by atoms with van der Waals surface area (Å²) in [6, 6.07) is 15.8. The molecule has 0 spiro atoms. The van der Waals surface area contributed by atoms with E-state index in [0.29, 0.717) is 17.0 Å². The standard InChI is InChI=1S/C22H21N3O4S/c26-20(14-6-7-14)24-17(10-13-4-2-1-3-5-13)21(27)23-16-8-9-18-15(11-16)12-19(30-18)22(28)25-29/h1-5,8-9,11-12,14,17,29H,6-7,10H2,(H,23,27)(H,24,26)(H,25,28). The molecule has 0 aliphatic heterocycles. The van der Waals surface area contributed by atoms with E-state index in [2.05, 4.69) is 10.6 Å². The van der Waals surface area contributed by atoms with Crippen LogP contribution < -0.4 is 16.1 Å². The third kappa shape index (κ3) is 4.67. The Balaban J connectivity index is 1.51. The van der Waals surface area contributed by atoms with Crippen molar-refractivity contribution in [3.05, 3.63) is 65.0 Å². The van der Waals surface area contributed by atoms with Gasteiger partial charge in [-0.2, -0.15) is 0 Å². The summed E-state index contributed by atoms with van der Waals surface area (Å²) >= 11 is 1.24. The normalized spacial score (nSPS) is 14.2. The Morgan fingerprint density at radius 3 is 2.53 bits per heavy atom. The van der Waals surface area contributed by atoms with Crippen LogP contribution in [0, 0.1) is 5.92 Å². The summed E-state index contributed by atoms with van der Waals surface area (Å²) in [5, 5.41) is 15.3. The van der Waals surface area contributed by atoms with Crippen LogP contribution in [-0.4, -0.2) is 29.0 Å². The minimum atomic E-state index is -0.686. The third-order valence-electron chi connectivity index (χ3n) is 4.97. The van der Waals surface area contributed by atoms with Gasteiger partial charge in [0.05, 0.1) is 4.88 Å². The first-order chi connectivity index (χ1) is 14.5. The number of carbonyl (C=O) groups is 3. The number of rotatable bonds is 7. The second-order valence-corrected chi connectivity index (χ2v) is 8.40. The zero-order valence-electron chi connectivity index (χ0n) is 16.1. The summed E-state index contributed by atoms with van der Waals surface area (Å²) in [6.45, 7) is 0. The fourth-order valence-corrected chi connectivity index (χ4v) is 4.14. The highest BCUT2D eigenvalue weighted by molar-refractivity contribution is 7.20. The van der Waals surface area contributed by atoms with E-state index in [9.17, 15) is 14.4 Å². The van der Waals surface area contributed by atoms with Gasteiger partial charge in [0, 0.05) is 22.7 Å². The summed E-state index contributed by atoms with van der Waals surface area (Å²) in [6.07, 6.45) is 2.13. The fourth-order valence-electron chi connectivity index (χ4n) is 3.21. The second-order valence-electron chi connectivity index (χ2n) is 7.32. The van der Waals surface area contributed by atoms with Gasteiger partial charge in [0.1, 0.15) is 6.04 Å². The number of anilines is 1. The van der Waals surface area contributed by atoms with Crippen LogP contribution in [0.2, 0.25) is 0 Å². The number of fused-ring (bicyclic) bond motifs is 1. The van der Waals surface area contributed by atoms with Gasteiger partial charge in [-0.15, -0.1) is 11.3 Å². The Hall–Kier alpha value is -3.23. The molecule has 4 N–H and O–H groups in total. The van der Waals surface area contributed by atoms with Crippen molar-refractivity contribution in [3.63, 3.8) is 0 Å². The van der Waals surface area contributed by atoms with E-state index in [-0.39, 0.29) is 17.7 Å². The smallest absolute Gasteiger partial charge is 0.284 e. The fraction of sp³-hybridized carbons (Fsp3) is 0.227. The first kappa shape index (κ1) is 20.1. The van der Waals surface area contributed by atoms with Crippen LogP contribution in [0.1, 0.15) is 28.1 Å². The van der Waals surface area contributed by atoms with Crippen LogP contribution in [0.25, 0.3) is 10.1 Å². The van der Waals surface area contributed by atoms with Gasteiger partial charge in [-0.1, -0.05) is 30.3 Å². The molecule has 154 valence electrons. The van der Waals surface area contributed by atoms with Gasteiger partial charge in [0.25, 0.3) is 5.91 Å². The number of nitrogens with one attached hydrogen (secondary N) is 3. The topological polar surface area (TPSA) is 108 Å². The predicted octanol–water partition coefficient (Wildman–Crippen LogP) is 3.10. The molecule has 30 heavy (non-hydrogen) atoms. The lowest BCUT2D eigenvalue weighted by Gasteiger charge is -2.19. The largest absolute Gasteiger partial charge is 0.344 e. The maximum absolute atomic E-state index is 13.0. The quantitative estimate of drug-likeness (QED) is 0.346. The Kier molecular flexibility index (Phi) is 5.78. The molecule has 3 amide bonds. The molecule has 4 rings (SSSR count). The Morgan fingerprint density at radius 2 is 1.83 bits per heavy atom.